The van der Waals surface area contributed by atoms with Gasteiger partial charge in [-0.2, -0.15) is 0 Å². The molecule has 0 heteroatoms. The fourth-order valence-electron chi connectivity index (χ4n) is 3.13. The Kier molecular flexibility index (Phi) is 3.44. The van der Waals surface area contributed by atoms with Crippen molar-refractivity contribution in [1.29, 1.82) is 0 Å². The van der Waals surface area contributed by atoms with Crippen molar-refractivity contribution in [3.05, 3.63) is 96.6 Å². The first kappa shape index (κ1) is 13.8. The van der Waals surface area contributed by atoms with E-state index in [0.29, 0.717) is 0 Å². The van der Waals surface area contributed by atoms with E-state index in [9.17, 15) is 0 Å². The maximum atomic E-state index is 3.37. The molecule has 0 saturated heterocycles. The molecule has 4 rings (SSSR count). The molecule has 0 amide bonds. The van der Waals surface area contributed by atoms with Gasteiger partial charge >= 0.3 is 0 Å². The van der Waals surface area contributed by atoms with Crippen molar-refractivity contribution in [2.24, 2.45) is 0 Å². The van der Waals surface area contributed by atoms with E-state index in [1.165, 1.54) is 33.0 Å². The maximum absolute atomic E-state index is 3.37. The summed E-state index contributed by atoms with van der Waals surface area (Å²) in [5.74, 6) is 0. The zero-order chi connectivity index (χ0) is 15.6. The number of aryl methyl sites for hydroxylation is 1. The summed E-state index contributed by atoms with van der Waals surface area (Å²) in [6.45, 7) is 2.15. The molecule has 0 aliphatic heterocycles. The van der Waals surface area contributed by atoms with Crippen LogP contribution >= 0.6 is 0 Å². The zero-order valence-electron chi connectivity index (χ0n) is 13.1. The predicted molar refractivity (Wildman–Crippen MR) is 98.4 cm³/mol. The highest BCUT2D eigenvalue weighted by Crippen LogP contribution is 2.38. The Morgan fingerprint density at radius 2 is 1.52 bits per heavy atom. The van der Waals surface area contributed by atoms with Gasteiger partial charge in [0.15, 0.2) is 0 Å². The second kappa shape index (κ2) is 5.73. The lowest BCUT2D eigenvalue weighted by Crippen LogP contribution is -1.88. The summed E-state index contributed by atoms with van der Waals surface area (Å²) in [7, 11) is 0. The fraction of sp³-hybridized carbons (Fsp3) is 0.0435. The van der Waals surface area contributed by atoms with E-state index in [0.717, 1.165) is 5.56 Å². The average molecular weight is 293 g/mol. The van der Waals surface area contributed by atoms with Crippen LogP contribution < -0.4 is 0 Å². The van der Waals surface area contributed by atoms with E-state index in [4.69, 9.17) is 0 Å². The molecule has 0 bridgehead atoms. The van der Waals surface area contributed by atoms with Crippen LogP contribution in [0.3, 0.4) is 0 Å². The predicted octanol–water partition coefficient (Wildman–Crippen LogP) is 6.28. The first-order chi connectivity index (χ1) is 11.3. The van der Waals surface area contributed by atoms with Gasteiger partial charge in [0.2, 0.25) is 0 Å². The molecule has 0 fully saturated rings. The Labute approximate surface area is 137 Å². The molecule has 0 unspecified atom stereocenters. The van der Waals surface area contributed by atoms with E-state index >= 15 is 0 Å². The Morgan fingerprint density at radius 1 is 0.739 bits per heavy atom. The van der Waals surface area contributed by atoms with E-state index in [2.05, 4.69) is 85.8 Å². The molecule has 4 aromatic carbocycles. The molecule has 0 saturated carbocycles. The van der Waals surface area contributed by atoms with Crippen LogP contribution in [0, 0.1) is 13.0 Å². The van der Waals surface area contributed by atoms with Crippen molar-refractivity contribution in [2.75, 3.05) is 0 Å². The van der Waals surface area contributed by atoms with Gasteiger partial charge in [-0.15, -0.1) is 0 Å². The summed E-state index contributed by atoms with van der Waals surface area (Å²) in [5.41, 5.74) is 6.18. The third kappa shape index (κ3) is 2.53. The Morgan fingerprint density at radius 3 is 2.30 bits per heavy atom. The van der Waals surface area contributed by atoms with Gasteiger partial charge in [-0.1, -0.05) is 90.5 Å². The van der Waals surface area contributed by atoms with Gasteiger partial charge in [0.1, 0.15) is 0 Å². The van der Waals surface area contributed by atoms with Gasteiger partial charge < -0.3 is 0 Å². The number of fused-ring (bicyclic) bond motifs is 1. The standard InChI is InChI=1S/C23H17/c1-17-12-13-19-14-15-21(18-8-4-2-5-9-18)23(22(19)16-17)20-10-6-3-7-11-20/h2-8,10-16H,1H3. The maximum Gasteiger partial charge on any atom is -0.00265 e. The lowest BCUT2D eigenvalue weighted by atomic mass is 9.89. The van der Waals surface area contributed by atoms with Crippen molar-refractivity contribution in [2.45, 2.75) is 6.92 Å². The molecule has 23 heavy (non-hydrogen) atoms. The molecular formula is C23H17. The lowest BCUT2D eigenvalue weighted by Gasteiger charge is -2.14. The van der Waals surface area contributed by atoms with Gasteiger partial charge in [0.05, 0.1) is 0 Å². The van der Waals surface area contributed by atoms with Crippen LogP contribution in [0.15, 0.2) is 84.9 Å². The number of rotatable bonds is 2. The van der Waals surface area contributed by atoms with Crippen molar-refractivity contribution in [1.82, 2.24) is 0 Å². The second-order valence-corrected chi connectivity index (χ2v) is 5.85. The fourth-order valence-corrected chi connectivity index (χ4v) is 3.13. The molecule has 0 N–H and O–H groups in total. The highest BCUT2D eigenvalue weighted by atomic mass is 14.1. The Balaban J connectivity index is 2.11. The van der Waals surface area contributed by atoms with Crippen LogP contribution in [0.4, 0.5) is 0 Å². The van der Waals surface area contributed by atoms with Crippen molar-refractivity contribution < 1.29 is 0 Å². The zero-order valence-corrected chi connectivity index (χ0v) is 13.1. The summed E-state index contributed by atoms with van der Waals surface area (Å²) in [6, 6.07) is 33.3. The van der Waals surface area contributed by atoms with Crippen molar-refractivity contribution >= 4 is 10.8 Å². The molecule has 109 valence electrons. The molecule has 1 radical (unpaired) electrons. The summed E-state index contributed by atoms with van der Waals surface area (Å²) in [5, 5.41) is 2.57. The van der Waals surface area contributed by atoms with Crippen LogP contribution in [0.25, 0.3) is 33.0 Å². The molecule has 0 nitrogen and oxygen atoms in total. The van der Waals surface area contributed by atoms with Gasteiger partial charge in [-0.3, -0.25) is 0 Å². The summed E-state index contributed by atoms with van der Waals surface area (Å²) in [6.07, 6.45) is 0. The molecule has 0 atom stereocenters. The van der Waals surface area contributed by atoms with Gasteiger partial charge in [0, 0.05) is 0 Å². The molecular weight excluding hydrogens is 276 g/mol. The minimum Gasteiger partial charge on any atom is -0.0622 e. The molecule has 0 heterocycles. The number of hydrogen-bond acceptors (Lipinski definition) is 0. The highest BCUT2D eigenvalue weighted by molar-refractivity contribution is 6.04. The third-order valence-electron chi connectivity index (χ3n) is 4.24. The van der Waals surface area contributed by atoms with Crippen LogP contribution in [-0.4, -0.2) is 0 Å². The summed E-state index contributed by atoms with van der Waals surface area (Å²) < 4.78 is 0. The van der Waals surface area contributed by atoms with E-state index < -0.39 is 0 Å². The quantitative estimate of drug-likeness (QED) is 0.408. The number of hydrogen-bond donors (Lipinski definition) is 0. The molecule has 4 aromatic rings. The van der Waals surface area contributed by atoms with Crippen LogP contribution in [0.1, 0.15) is 5.56 Å². The van der Waals surface area contributed by atoms with E-state index in [-0.39, 0.29) is 0 Å². The third-order valence-corrected chi connectivity index (χ3v) is 4.24. The average Bonchev–Trinajstić information content (AvgIpc) is 2.62. The minimum absolute atomic E-state index is 1.13. The lowest BCUT2D eigenvalue weighted by molar-refractivity contribution is 1.50. The van der Waals surface area contributed by atoms with Crippen LogP contribution in [0.5, 0.6) is 0 Å². The second-order valence-electron chi connectivity index (χ2n) is 5.85. The molecule has 0 aromatic heterocycles. The number of benzene rings is 4. The van der Waals surface area contributed by atoms with Crippen molar-refractivity contribution in [3.63, 3.8) is 0 Å². The Bertz CT molecular complexity index is 951. The van der Waals surface area contributed by atoms with Gasteiger partial charge in [-0.05, 0) is 46.0 Å². The largest absolute Gasteiger partial charge is 0.0622 e. The van der Waals surface area contributed by atoms with E-state index in [1.54, 1.807) is 0 Å². The van der Waals surface area contributed by atoms with Crippen molar-refractivity contribution in [3.8, 4) is 22.3 Å². The monoisotopic (exact) mass is 293 g/mol. The minimum atomic E-state index is 1.13. The Hall–Kier alpha value is -2.86. The molecule has 0 aliphatic rings. The molecule has 0 aliphatic carbocycles. The SMILES string of the molecule is Cc1ccc2ccc(-c3[c]cccc3)c(-c3ccccc3)c2c1. The first-order valence-electron chi connectivity index (χ1n) is 7.89. The first-order valence-corrected chi connectivity index (χ1v) is 7.89. The smallest absolute Gasteiger partial charge is 0.00265 e. The topological polar surface area (TPSA) is 0 Å². The van der Waals surface area contributed by atoms with Crippen LogP contribution in [0.2, 0.25) is 0 Å². The summed E-state index contributed by atoms with van der Waals surface area (Å²) in [4.78, 5) is 0. The van der Waals surface area contributed by atoms with Gasteiger partial charge in [0.25, 0.3) is 0 Å². The highest BCUT2D eigenvalue weighted by Gasteiger charge is 2.11. The van der Waals surface area contributed by atoms with E-state index in [1.807, 2.05) is 12.1 Å². The van der Waals surface area contributed by atoms with Gasteiger partial charge in [-0.25, -0.2) is 0 Å². The summed E-state index contributed by atoms with van der Waals surface area (Å²) >= 11 is 0. The molecule has 0 spiro atoms. The van der Waals surface area contributed by atoms with Crippen LogP contribution in [-0.2, 0) is 0 Å². The normalized spacial score (nSPS) is 10.8.